The minimum Gasteiger partial charge on any atom is -0.354 e. The summed E-state index contributed by atoms with van der Waals surface area (Å²) in [5.74, 6) is -0.761. The van der Waals surface area contributed by atoms with Gasteiger partial charge in [0, 0.05) is 56.0 Å². The molecule has 1 aliphatic rings. The second kappa shape index (κ2) is 16.9. The summed E-state index contributed by atoms with van der Waals surface area (Å²) in [6.45, 7) is 3.50. The van der Waals surface area contributed by atoms with Gasteiger partial charge in [-0.25, -0.2) is 0 Å². The zero-order valence-electron chi connectivity index (χ0n) is 29.0. The van der Waals surface area contributed by atoms with Crippen LogP contribution in [0.15, 0.2) is 96.4 Å². The van der Waals surface area contributed by atoms with E-state index in [1.54, 1.807) is 42.5 Å². The van der Waals surface area contributed by atoms with Crippen LogP contribution in [-0.2, 0) is 22.4 Å². The Morgan fingerprint density at radius 3 is 2.29 bits per heavy atom. The molecule has 0 spiro atoms. The first-order valence-corrected chi connectivity index (χ1v) is 18.0. The number of carbonyl (C=O) groups excluding carboxylic acids is 3. The van der Waals surface area contributed by atoms with E-state index in [2.05, 4.69) is 29.4 Å². The third-order valence-electron chi connectivity index (χ3n) is 9.76. The Labute approximate surface area is 294 Å². The number of likely N-dealkylation sites (tertiary alicyclic amines) is 1. The van der Waals surface area contributed by atoms with E-state index in [0.29, 0.717) is 24.6 Å². The summed E-state index contributed by atoms with van der Waals surface area (Å²) in [7, 11) is 5.49. The highest BCUT2D eigenvalue weighted by Gasteiger charge is 2.36. The molecule has 2 heterocycles. The second-order valence-electron chi connectivity index (χ2n) is 13.2. The first-order chi connectivity index (χ1) is 23.6. The van der Waals surface area contributed by atoms with Crippen LogP contribution in [0.5, 0.6) is 0 Å². The summed E-state index contributed by atoms with van der Waals surface area (Å²) in [5.41, 5.74) is 10.5. The van der Waals surface area contributed by atoms with Gasteiger partial charge >= 0.3 is 0 Å². The molecule has 4 atom stereocenters. The molecular weight excluding hydrogens is 631 g/mol. The standard InChI is InChI=1S/C40H49N5O3S/c1-28(41)32-13-8-14-33(26-32)39(47)45(4)37(25-29-17-19-31(20-18-29)30-11-6-5-7-12-30)40(48)44(3)36(27-35-16-10-24-49-35)38(46)42-22-21-34-15-9-23-43(34)2/h5-8,10-14,16-20,24,26,28,34,36-37H,9,15,21-23,25,27,41H2,1-4H3,(H,42,46)/t28?,34?,36-,37-/m1/s1. The largest absolute Gasteiger partial charge is 0.354 e. The molecule has 0 aliphatic carbocycles. The molecule has 2 unspecified atom stereocenters. The molecule has 3 N–H and O–H groups in total. The van der Waals surface area contributed by atoms with E-state index in [1.807, 2.05) is 79.0 Å². The molecule has 49 heavy (non-hydrogen) atoms. The van der Waals surface area contributed by atoms with Gasteiger partial charge in [0.25, 0.3) is 5.91 Å². The smallest absolute Gasteiger partial charge is 0.254 e. The van der Waals surface area contributed by atoms with Crippen molar-refractivity contribution in [2.24, 2.45) is 5.73 Å². The van der Waals surface area contributed by atoms with Crippen LogP contribution in [0.1, 0.15) is 58.6 Å². The van der Waals surface area contributed by atoms with E-state index in [4.69, 9.17) is 5.73 Å². The number of amides is 3. The monoisotopic (exact) mass is 679 g/mol. The Bertz CT molecular complexity index is 1680. The average Bonchev–Trinajstić information content (AvgIpc) is 3.80. The van der Waals surface area contributed by atoms with E-state index in [0.717, 1.165) is 46.5 Å². The zero-order valence-corrected chi connectivity index (χ0v) is 29.9. The van der Waals surface area contributed by atoms with E-state index >= 15 is 0 Å². The first kappa shape index (κ1) is 36.0. The lowest BCUT2D eigenvalue weighted by Gasteiger charge is -2.34. The number of thiophene rings is 1. The molecule has 258 valence electrons. The molecule has 1 aliphatic heterocycles. The SMILES string of the molecule is CC(N)c1cccc(C(=O)N(C)[C@H](Cc2ccc(-c3ccccc3)cc2)C(=O)N(C)[C@H](Cc2cccs2)C(=O)NCCC2CCCN2C)c1. The molecule has 1 saturated heterocycles. The maximum atomic E-state index is 14.6. The van der Waals surface area contributed by atoms with Crippen molar-refractivity contribution in [3.8, 4) is 11.1 Å². The predicted octanol–water partition coefficient (Wildman–Crippen LogP) is 5.79. The fourth-order valence-electron chi connectivity index (χ4n) is 6.61. The minimum absolute atomic E-state index is 0.186. The van der Waals surface area contributed by atoms with Crippen molar-refractivity contribution < 1.29 is 14.4 Å². The van der Waals surface area contributed by atoms with Gasteiger partial charge in [0.2, 0.25) is 11.8 Å². The van der Waals surface area contributed by atoms with E-state index in [9.17, 15) is 14.4 Å². The lowest BCUT2D eigenvalue weighted by molar-refractivity contribution is -0.142. The van der Waals surface area contributed by atoms with Crippen molar-refractivity contribution in [1.29, 1.82) is 0 Å². The van der Waals surface area contributed by atoms with Gasteiger partial charge in [0.15, 0.2) is 0 Å². The van der Waals surface area contributed by atoms with Crippen molar-refractivity contribution in [2.75, 3.05) is 34.2 Å². The molecule has 5 rings (SSSR count). The number of rotatable bonds is 14. The molecule has 0 saturated carbocycles. The number of hydrogen-bond donors (Lipinski definition) is 2. The number of nitrogens with one attached hydrogen (secondary N) is 1. The predicted molar refractivity (Wildman–Crippen MR) is 198 cm³/mol. The first-order valence-electron chi connectivity index (χ1n) is 17.2. The Balaban J connectivity index is 1.41. The lowest BCUT2D eigenvalue weighted by atomic mass is 9.98. The fraction of sp³-hybridized carbons (Fsp3) is 0.375. The molecule has 1 aromatic heterocycles. The van der Waals surface area contributed by atoms with Gasteiger partial charge in [0.1, 0.15) is 12.1 Å². The van der Waals surface area contributed by atoms with E-state index in [1.165, 1.54) is 11.3 Å². The summed E-state index contributed by atoms with van der Waals surface area (Å²) in [5, 5.41) is 5.12. The molecule has 8 nitrogen and oxygen atoms in total. The van der Waals surface area contributed by atoms with Crippen molar-refractivity contribution >= 4 is 29.1 Å². The topological polar surface area (TPSA) is 99.0 Å². The summed E-state index contributed by atoms with van der Waals surface area (Å²) in [6, 6.07) is 28.0. The van der Waals surface area contributed by atoms with Gasteiger partial charge in [-0.1, -0.05) is 72.8 Å². The van der Waals surface area contributed by atoms with Gasteiger partial charge in [-0.3, -0.25) is 14.4 Å². The number of carbonyl (C=O) groups is 3. The van der Waals surface area contributed by atoms with Crippen molar-refractivity contribution in [3.63, 3.8) is 0 Å². The van der Waals surface area contributed by atoms with Crippen molar-refractivity contribution in [3.05, 3.63) is 118 Å². The highest BCUT2D eigenvalue weighted by Crippen LogP contribution is 2.23. The van der Waals surface area contributed by atoms with Gasteiger partial charge in [-0.15, -0.1) is 11.3 Å². The third-order valence-corrected chi connectivity index (χ3v) is 10.7. The van der Waals surface area contributed by atoms with Crippen LogP contribution in [0, 0.1) is 0 Å². The van der Waals surface area contributed by atoms with Crippen LogP contribution in [0.3, 0.4) is 0 Å². The van der Waals surface area contributed by atoms with Crippen molar-refractivity contribution in [1.82, 2.24) is 20.0 Å². The Kier molecular flexibility index (Phi) is 12.4. The fourth-order valence-corrected chi connectivity index (χ4v) is 7.36. The highest BCUT2D eigenvalue weighted by molar-refractivity contribution is 7.09. The third kappa shape index (κ3) is 9.23. The number of likely N-dealkylation sites (N-methyl/N-ethyl adjacent to an activating group) is 2. The van der Waals surface area contributed by atoms with Gasteiger partial charge in [0.05, 0.1) is 0 Å². The quantitative estimate of drug-likeness (QED) is 0.176. The second-order valence-corrected chi connectivity index (χ2v) is 14.3. The molecule has 0 radical (unpaired) electrons. The van der Waals surface area contributed by atoms with Crippen LogP contribution in [0.25, 0.3) is 11.1 Å². The highest BCUT2D eigenvalue weighted by atomic mass is 32.1. The van der Waals surface area contributed by atoms with Crippen LogP contribution >= 0.6 is 11.3 Å². The summed E-state index contributed by atoms with van der Waals surface area (Å²) < 4.78 is 0. The van der Waals surface area contributed by atoms with Crippen LogP contribution in [0.2, 0.25) is 0 Å². The molecule has 9 heteroatoms. The average molecular weight is 680 g/mol. The maximum Gasteiger partial charge on any atom is 0.254 e. The molecule has 0 bridgehead atoms. The summed E-state index contributed by atoms with van der Waals surface area (Å²) >= 11 is 1.57. The van der Waals surface area contributed by atoms with Crippen LogP contribution in [0.4, 0.5) is 0 Å². The van der Waals surface area contributed by atoms with Gasteiger partial charge in [-0.05, 0) is 85.6 Å². The van der Waals surface area contributed by atoms with E-state index < -0.39 is 12.1 Å². The zero-order chi connectivity index (χ0) is 34.9. The van der Waals surface area contributed by atoms with Crippen LogP contribution in [-0.4, -0.2) is 84.8 Å². The normalized spacial score (nSPS) is 16.5. The number of benzene rings is 3. The lowest BCUT2D eigenvalue weighted by Crippen LogP contribution is -2.56. The van der Waals surface area contributed by atoms with Gasteiger partial charge < -0.3 is 25.8 Å². The molecule has 3 amide bonds. The Morgan fingerprint density at radius 2 is 1.63 bits per heavy atom. The van der Waals surface area contributed by atoms with Crippen molar-refractivity contribution in [2.45, 2.75) is 63.2 Å². The molecule has 1 fully saturated rings. The Hall–Kier alpha value is -4.31. The summed E-state index contributed by atoms with van der Waals surface area (Å²) in [6.07, 6.45) is 3.85. The molecule has 3 aromatic carbocycles. The Morgan fingerprint density at radius 1 is 0.898 bits per heavy atom. The molecule has 4 aromatic rings. The number of hydrogen-bond acceptors (Lipinski definition) is 6. The van der Waals surface area contributed by atoms with Crippen LogP contribution < -0.4 is 11.1 Å². The van der Waals surface area contributed by atoms with Gasteiger partial charge in [-0.2, -0.15) is 0 Å². The minimum atomic E-state index is -0.857. The number of nitrogens with two attached hydrogens (primary N) is 1. The molecular formula is C40H49N5O3S. The number of nitrogens with zero attached hydrogens (tertiary/aromatic N) is 3. The summed E-state index contributed by atoms with van der Waals surface area (Å²) in [4.78, 5) is 48.9. The van der Waals surface area contributed by atoms with E-state index in [-0.39, 0.29) is 30.2 Å². The maximum absolute atomic E-state index is 14.6.